The number of ether oxygens (including phenoxy) is 2. The van der Waals surface area contributed by atoms with Crippen LogP contribution in [0.4, 0.5) is 0 Å². The monoisotopic (exact) mass is 724 g/mol. The van der Waals surface area contributed by atoms with Gasteiger partial charge < -0.3 is 9.47 Å². The molecule has 2 aromatic heterocycles. The molecule has 10 nitrogen and oxygen atoms in total. The maximum absolute atomic E-state index is 13.2. The fourth-order valence-corrected chi connectivity index (χ4v) is 6.27. The van der Waals surface area contributed by atoms with Gasteiger partial charge in [-0.1, -0.05) is 72.9 Å². The van der Waals surface area contributed by atoms with Crippen molar-refractivity contribution in [3.05, 3.63) is 141 Å². The van der Waals surface area contributed by atoms with Crippen LogP contribution >= 0.6 is 0 Å². The van der Waals surface area contributed by atoms with Crippen molar-refractivity contribution in [1.82, 2.24) is 19.1 Å². The highest BCUT2D eigenvalue weighted by atomic mass is 16.5. The molecule has 0 amide bonds. The lowest BCUT2D eigenvalue weighted by Crippen LogP contribution is -2.23. The summed E-state index contributed by atoms with van der Waals surface area (Å²) in [4.78, 5) is 58.0. The number of aryl methyl sites for hydroxylation is 3. The molecule has 0 radical (unpaired) electrons. The largest absolute Gasteiger partial charge is 0.469 e. The van der Waals surface area contributed by atoms with Gasteiger partial charge in [0.05, 0.1) is 47.4 Å². The van der Waals surface area contributed by atoms with Crippen LogP contribution in [0.3, 0.4) is 0 Å². The summed E-state index contributed by atoms with van der Waals surface area (Å²) in [5.74, 6) is 6.99. The van der Waals surface area contributed by atoms with Crippen molar-refractivity contribution >= 4 is 33.7 Å². The standard InChI is InChI=1S/C22H24N2O3.C22H20N2O3/c2*1-16-23-19-14-9-11-17(10-5-3-8-15-20(25)27-2)21(19)22(26)24(16)18-12-6-4-7-13-18/h4,6-7,9,11-14H,3,5,8,10,15H2,1-2H3;4,6-7,9,11-14H,3,8,15H2,1-2H3. The van der Waals surface area contributed by atoms with Gasteiger partial charge in [-0.3, -0.25) is 28.3 Å². The molecule has 2 heterocycles. The van der Waals surface area contributed by atoms with E-state index in [0.29, 0.717) is 59.2 Å². The third kappa shape index (κ3) is 9.55. The smallest absolute Gasteiger partial charge is 0.305 e. The quantitative estimate of drug-likeness (QED) is 0.0772. The summed E-state index contributed by atoms with van der Waals surface area (Å²) < 4.78 is 12.6. The van der Waals surface area contributed by atoms with Crippen LogP contribution in [-0.4, -0.2) is 45.3 Å². The third-order valence-corrected chi connectivity index (χ3v) is 8.93. The maximum Gasteiger partial charge on any atom is 0.305 e. The van der Waals surface area contributed by atoms with Crippen LogP contribution < -0.4 is 11.1 Å². The molecule has 0 unspecified atom stereocenters. The molecule has 4 aromatic carbocycles. The Morgan fingerprint density at radius 2 is 1.13 bits per heavy atom. The number of para-hydroxylation sites is 2. The summed E-state index contributed by atoms with van der Waals surface area (Å²) in [5, 5.41) is 1.19. The average Bonchev–Trinajstić information content (AvgIpc) is 3.18. The molecule has 6 rings (SSSR count). The molecule has 276 valence electrons. The first-order chi connectivity index (χ1) is 26.2. The van der Waals surface area contributed by atoms with Crippen molar-refractivity contribution in [2.75, 3.05) is 14.2 Å². The molecule has 10 heteroatoms. The van der Waals surface area contributed by atoms with Gasteiger partial charge in [-0.15, -0.1) is 0 Å². The van der Waals surface area contributed by atoms with E-state index in [1.165, 1.54) is 14.2 Å². The zero-order valence-electron chi connectivity index (χ0n) is 31.1. The molecule has 0 bridgehead atoms. The van der Waals surface area contributed by atoms with E-state index in [4.69, 9.17) is 0 Å². The van der Waals surface area contributed by atoms with Crippen molar-refractivity contribution in [2.24, 2.45) is 0 Å². The van der Waals surface area contributed by atoms with Gasteiger partial charge in [0.15, 0.2) is 0 Å². The minimum absolute atomic E-state index is 0.0335. The van der Waals surface area contributed by atoms with Gasteiger partial charge in [0, 0.05) is 24.8 Å². The molecule has 0 aliphatic carbocycles. The van der Waals surface area contributed by atoms with E-state index in [-0.39, 0.29) is 23.1 Å². The van der Waals surface area contributed by atoms with E-state index < -0.39 is 0 Å². The van der Waals surface area contributed by atoms with Gasteiger partial charge >= 0.3 is 11.9 Å². The molecule has 0 atom stereocenters. The summed E-state index contributed by atoms with van der Waals surface area (Å²) in [6.45, 7) is 3.67. The number of nitrogens with zero attached hydrogens (tertiary/aromatic N) is 4. The first kappa shape index (κ1) is 38.9. The Kier molecular flexibility index (Phi) is 13.6. The lowest BCUT2D eigenvalue weighted by atomic mass is 10.0. The van der Waals surface area contributed by atoms with E-state index in [9.17, 15) is 19.2 Å². The highest BCUT2D eigenvalue weighted by Gasteiger charge is 2.14. The second kappa shape index (κ2) is 18.9. The van der Waals surface area contributed by atoms with E-state index in [0.717, 1.165) is 48.1 Å². The summed E-state index contributed by atoms with van der Waals surface area (Å²) >= 11 is 0. The summed E-state index contributed by atoms with van der Waals surface area (Å²) in [6, 6.07) is 30.3. The number of benzene rings is 4. The molecule has 0 saturated heterocycles. The second-order valence-electron chi connectivity index (χ2n) is 12.6. The Hall–Kier alpha value is -6.34. The van der Waals surface area contributed by atoms with E-state index in [1.807, 2.05) is 111 Å². The predicted molar refractivity (Wildman–Crippen MR) is 211 cm³/mol. The number of hydrogen-bond donors (Lipinski definition) is 0. The van der Waals surface area contributed by atoms with Gasteiger partial charge in [0.2, 0.25) is 0 Å². The predicted octanol–water partition coefficient (Wildman–Crippen LogP) is 7.36. The minimum atomic E-state index is -0.243. The fraction of sp³-hybridized carbons (Fsp3) is 0.273. The zero-order chi connectivity index (χ0) is 38.5. The molecule has 0 fully saturated rings. The Morgan fingerprint density at radius 3 is 1.70 bits per heavy atom. The van der Waals surface area contributed by atoms with Crippen LogP contribution in [0, 0.1) is 25.7 Å². The van der Waals surface area contributed by atoms with Crippen LogP contribution in [0.15, 0.2) is 107 Å². The number of carbonyl (C=O) groups excluding carboxylic acids is 2. The second-order valence-corrected chi connectivity index (χ2v) is 12.6. The first-order valence-electron chi connectivity index (χ1n) is 18.0. The molecule has 6 aromatic rings. The summed E-state index contributed by atoms with van der Waals surface area (Å²) in [7, 11) is 2.78. The molecular weight excluding hydrogens is 681 g/mol. The third-order valence-electron chi connectivity index (χ3n) is 8.93. The number of unbranched alkanes of at least 4 members (excludes halogenated alkanes) is 3. The van der Waals surface area contributed by atoms with E-state index in [2.05, 4.69) is 31.3 Å². The van der Waals surface area contributed by atoms with Gasteiger partial charge in [-0.05, 0) is 87.6 Å². The molecular formula is C44H44N4O6. The highest BCUT2D eigenvalue weighted by molar-refractivity contribution is 5.85. The molecule has 0 saturated carbocycles. The number of aromatic nitrogens is 4. The highest BCUT2D eigenvalue weighted by Crippen LogP contribution is 2.19. The SMILES string of the molecule is COC(=O)CCCC#Cc1cccc2nc(C)n(-c3ccccc3)c(=O)c12.COC(=O)CCCCCc1cccc2nc(C)n(-c3ccccc3)c(=O)c12. The molecule has 0 N–H and O–H groups in total. The Labute approximate surface area is 314 Å². The van der Waals surface area contributed by atoms with Crippen LogP contribution in [0.5, 0.6) is 0 Å². The number of hydrogen-bond acceptors (Lipinski definition) is 8. The van der Waals surface area contributed by atoms with Crippen LogP contribution in [0.25, 0.3) is 33.2 Å². The molecule has 0 spiro atoms. The van der Waals surface area contributed by atoms with Crippen molar-refractivity contribution in [1.29, 1.82) is 0 Å². The normalized spacial score (nSPS) is 10.6. The number of esters is 2. The van der Waals surface area contributed by atoms with E-state index >= 15 is 0 Å². The fourth-order valence-electron chi connectivity index (χ4n) is 6.27. The van der Waals surface area contributed by atoms with Gasteiger partial charge in [0.25, 0.3) is 11.1 Å². The molecule has 0 aliphatic rings. The zero-order valence-corrected chi connectivity index (χ0v) is 31.1. The Morgan fingerprint density at radius 1 is 0.611 bits per heavy atom. The number of methoxy groups -OCH3 is 2. The number of fused-ring (bicyclic) bond motifs is 2. The van der Waals surface area contributed by atoms with Crippen LogP contribution in [0.2, 0.25) is 0 Å². The van der Waals surface area contributed by atoms with Crippen molar-refractivity contribution < 1.29 is 19.1 Å². The summed E-state index contributed by atoms with van der Waals surface area (Å²) in [6.07, 6.45) is 5.35. The molecule has 54 heavy (non-hydrogen) atoms. The lowest BCUT2D eigenvalue weighted by Gasteiger charge is -2.13. The van der Waals surface area contributed by atoms with Gasteiger partial charge in [0.1, 0.15) is 11.6 Å². The lowest BCUT2D eigenvalue weighted by molar-refractivity contribution is -0.141. The van der Waals surface area contributed by atoms with Crippen molar-refractivity contribution in [3.8, 4) is 23.2 Å². The Bertz CT molecular complexity index is 2430. The number of carbonyl (C=O) groups is 2. The van der Waals surface area contributed by atoms with Crippen LogP contribution in [0.1, 0.15) is 67.7 Å². The Balaban J connectivity index is 0.000000208. The van der Waals surface area contributed by atoms with Gasteiger partial charge in [-0.2, -0.15) is 0 Å². The van der Waals surface area contributed by atoms with Crippen LogP contribution in [-0.2, 0) is 25.5 Å². The average molecular weight is 725 g/mol. The van der Waals surface area contributed by atoms with Gasteiger partial charge in [-0.25, -0.2) is 9.97 Å². The van der Waals surface area contributed by atoms with Crippen molar-refractivity contribution in [3.63, 3.8) is 0 Å². The van der Waals surface area contributed by atoms with Crippen molar-refractivity contribution in [2.45, 2.75) is 65.2 Å². The first-order valence-corrected chi connectivity index (χ1v) is 18.0. The topological polar surface area (TPSA) is 122 Å². The maximum atomic E-state index is 13.2. The number of rotatable bonds is 11. The summed E-state index contributed by atoms with van der Waals surface area (Å²) in [5.41, 5.74) is 4.44. The molecule has 0 aliphatic heterocycles. The van der Waals surface area contributed by atoms with E-state index in [1.54, 1.807) is 9.13 Å². The minimum Gasteiger partial charge on any atom is -0.469 e.